The highest BCUT2D eigenvalue weighted by Crippen LogP contribution is 2.00. The van der Waals surface area contributed by atoms with Crippen LogP contribution in [-0.4, -0.2) is 15.2 Å². The van der Waals surface area contributed by atoms with Gasteiger partial charge in [-0.2, -0.15) is 5.10 Å². The molecule has 1 aromatic heterocycles. The summed E-state index contributed by atoms with van der Waals surface area (Å²) in [5, 5.41) is 7.41. The zero-order valence-electron chi connectivity index (χ0n) is 5.71. The molecule has 0 aliphatic carbocycles. The summed E-state index contributed by atoms with van der Waals surface area (Å²) < 4.78 is 0. The Kier molecular flexibility index (Phi) is 2.57. The summed E-state index contributed by atoms with van der Waals surface area (Å²) in [6, 6.07) is 0. The smallest absolute Gasteiger partial charge is 0.220 e. The van der Waals surface area contributed by atoms with E-state index in [2.05, 4.69) is 22.1 Å². The van der Waals surface area contributed by atoms with E-state index in [4.69, 9.17) is 11.6 Å². The van der Waals surface area contributed by atoms with Gasteiger partial charge in [-0.25, -0.2) is 4.98 Å². The molecular weight excluding hydrogens is 150 g/mol. The van der Waals surface area contributed by atoms with Crippen molar-refractivity contribution >= 4 is 11.6 Å². The van der Waals surface area contributed by atoms with Gasteiger partial charge in [0.1, 0.15) is 0 Å². The third-order valence-electron chi connectivity index (χ3n) is 1.09. The first kappa shape index (κ1) is 7.41. The summed E-state index contributed by atoms with van der Waals surface area (Å²) in [4.78, 5) is 3.95. The van der Waals surface area contributed by atoms with Crippen molar-refractivity contribution in [2.24, 2.45) is 0 Å². The topological polar surface area (TPSA) is 38.7 Å². The maximum atomic E-state index is 5.50. The van der Waals surface area contributed by atoms with Crippen molar-refractivity contribution in [1.82, 2.24) is 15.2 Å². The van der Waals surface area contributed by atoms with E-state index in [0.29, 0.717) is 0 Å². The lowest BCUT2D eigenvalue weighted by molar-refractivity contribution is 0.835. The summed E-state index contributed by atoms with van der Waals surface area (Å²) in [6.45, 7) is 2.08. The molecule has 1 aromatic rings. The molecule has 0 bridgehead atoms. The monoisotopic (exact) mass is 157 g/mol. The van der Waals surface area contributed by atoms with Gasteiger partial charge in [-0.1, -0.05) is 13.3 Å². The minimum absolute atomic E-state index is 0.228. The summed E-state index contributed by atoms with van der Waals surface area (Å²) in [5.41, 5.74) is 0.905. The Bertz CT molecular complexity index is 214. The molecule has 4 heteroatoms. The fourth-order valence-corrected chi connectivity index (χ4v) is 0.842. The molecule has 0 aliphatic rings. The lowest BCUT2D eigenvalue weighted by atomic mass is 10.3. The number of nitrogens with zero attached hydrogens (tertiary/aromatic N) is 3. The molecule has 3 nitrogen and oxygen atoms in total. The third kappa shape index (κ3) is 1.92. The van der Waals surface area contributed by atoms with Crippen molar-refractivity contribution in [2.45, 2.75) is 19.8 Å². The first-order chi connectivity index (χ1) is 4.83. The zero-order chi connectivity index (χ0) is 7.40. The van der Waals surface area contributed by atoms with Crippen LogP contribution in [-0.2, 0) is 6.42 Å². The van der Waals surface area contributed by atoms with Gasteiger partial charge in [-0.3, -0.25) is 0 Å². The number of halogens is 1. The molecule has 54 valence electrons. The van der Waals surface area contributed by atoms with Crippen molar-refractivity contribution in [1.29, 1.82) is 0 Å². The number of hydrogen-bond acceptors (Lipinski definition) is 3. The molecule has 10 heavy (non-hydrogen) atoms. The zero-order valence-corrected chi connectivity index (χ0v) is 6.47. The highest BCUT2D eigenvalue weighted by molar-refractivity contribution is 6.28. The summed E-state index contributed by atoms with van der Waals surface area (Å²) in [5.74, 6) is 0. The summed E-state index contributed by atoms with van der Waals surface area (Å²) in [6.07, 6.45) is 3.60. The maximum absolute atomic E-state index is 5.50. The molecule has 0 unspecified atom stereocenters. The Morgan fingerprint density at radius 1 is 1.60 bits per heavy atom. The largest absolute Gasteiger partial charge is 0.243 e. The van der Waals surface area contributed by atoms with Crippen LogP contribution >= 0.6 is 11.6 Å². The van der Waals surface area contributed by atoms with Crippen LogP contribution in [0.15, 0.2) is 6.20 Å². The fraction of sp³-hybridized carbons (Fsp3) is 0.500. The second-order valence-corrected chi connectivity index (χ2v) is 2.30. The average Bonchev–Trinajstić information content (AvgIpc) is 1.88. The molecule has 0 fully saturated rings. The SMILES string of the molecule is CCCc1cnnc(Cl)n1. The van der Waals surface area contributed by atoms with Gasteiger partial charge in [-0.15, -0.1) is 5.10 Å². The van der Waals surface area contributed by atoms with Crippen LogP contribution in [0.2, 0.25) is 5.28 Å². The predicted molar refractivity (Wildman–Crippen MR) is 38.8 cm³/mol. The van der Waals surface area contributed by atoms with Crippen molar-refractivity contribution in [3.05, 3.63) is 17.2 Å². The lowest BCUT2D eigenvalue weighted by Crippen LogP contribution is -1.93. The van der Waals surface area contributed by atoms with Crippen molar-refractivity contribution in [2.75, 3.05) is 0 Å². The van der Waals surface area contributed by atoms with Crippen LogP contribution in [0.4, 0.5) is 0 Å². The molecule has 0 aromatic carbocycles. The highest BCUT2D eigenvalue weighted by atomic mass is 35.5. The van der Waals surface area contributed by atoms with Gasteiger partial charge >= 0.3 is 0 Å². The Labute approximate surface area is 64.5 Å². The first-order valence-electron chi connectivity index (χ1n) is 3.17. The van der Waals surface area contributed by atoms with Crippen LogP contribution < -0.4 is 0 Å². The Morgan fingerprint density at radius 2 is 2.40 bits per heavy atom. The van der Waals surface area contributed by atoms with E-state index in [1.54, 1.807) is 6.20 Å². The molecule has 0 N–H and O–H groups in total. The van der Waals surface area contributed by atoms with Crippen LogP contribution in [0.1, 0.15) is 19.0 Å². The van der Waals surface area contributed by atoms with E-state index in [9.17, 15) is 0 Å². The minimum Gasteiger partial charge on any atom is -0.220 e. The molecular formula is C6H8ClN3. The lowest BCUT2D eigenvalue weighted by Gasteiger charge is -1.93. The molecule has 0 radical (unpaired) electrons. The molecule has 0 saturated heterocycles. The Hall–Kier alpha value is -0.700. The van der Waals surface area contributed by atoms with Gasteiger partial charge in [-0.05, 0) is 18.0 Å². The van der Waals surface area contributed by atoms with E-state index in [0.717, 1.165) is 18.5 Å². The van der Waals surface area contributed by atoms with Crippen LogP contribution in [0, 0.1) is 0 Å². The van der Waals surface area contributed by atoms with Crippen LogP contribution in [0.5, 0.6) is 0 Å². The average molecular weight is 158 g/mol. The summed E-state index contributed by atoms with van der Waals surface area (Å²) in [7, 11) is 0. The number of hydrogen-bond donors (Lipinski definition) is 0. The minimum atomic E-state index is 0.228. The Morgan fingerprint density at radius 3 is 3.00 bits per heavy atom. The maximum Gasteiger partial charge on any atom is 0.243 e. The normalized spacial score (nSPS) is 9.80. The van der Waals surface area contributed by atoms with Crippen molar-refractivity contribution < 1.29 is 0 Å². The van der Waals surface area contributed by atoms with E-state index in [-0.39, 0.29) is 5.28 Å². The van der Waals surface area contributed by atoms with Gasteiger partial charge in [0.05, 0.1) is 11.9 Å². The first-order valence-corrected chi connectivity index (χ1v) is 3.55. The molecule has 0 atom stereocenters. The van der Waals surface area contributed by atoms with Gasteiger partial charge < -0.3 is 0 Å². The van der Waals surface area contributed by atoms with E-state index in [1.165, 1.54) is 0 Å². The fourth-order valence-electron chi connectivity index (χ4n) is 0.689. The third-order valence-corrected chi connectivity index (χ3v) is 1.25. The molecule has 1 heterocycles. The van der Waals surface area contributed by atoms with Gasteiger partial charge in [0.25, 0.3) is 0 Å². The van der Waals surface area contributed by atoms with Crippen molar-refractivity contribution in [3.63, 3.8) is 0 Å². The summed E-state index contributed by atoms with van der Waals surface area (Å²) >= 11 is 5.50. The molecule has 0 aliphatic heterocycles. The molecule has 0 spiro atoms. The quantitative estimate of drug-likeness (QED) is 0.653. The van der Waals surface area contributed by atoms with Gasteiger partial charge in [0.15, 0.2) is 0 Å². The van der Waals surface area contributed by atoms with Gasteiger partial charge in [0, 0.05) is 0 Å². The second-order valence-electron chi connectivity index (χ2n) is 1.97. The van der Waals surface area contributed by atoms with Crippen LogP contribution in [0.25, 0.3) is 0 Å². The number of aryl methyl sites for hydroxylation is 1. The number of aromatic nitrogens is 3. The van der Waals surface area contributed by atoms with E-state index >= 15 is 0 Å². The highest BCUT2D eigenvalue weighted by Gasteiger charge is 1.94. The van der Waals surface area contributed by atoms with E-state index < -0.39 is 0 Å². The van der Waals surface area contributed by atoms with E-state index in [1.807, 2.05) is 0 Å². The predicted octanol–water partition coefficient (Wildman–Crippen LogP) is 1.48. The van der Waals surface area contributed by atoms with Gasteiger partial charge in [0.2, 0.25) is 5.28 Å². The Balaban J connectivity index is 2.75. The van der Waals surface area contributed by atoms with Crippen molar-refractivity contribution in [3.8, 4) is 0 Å². The molecule has 0 saturated carbocycles. The second kappa shape index (κ2) is 3.46. The van der Waals surface area contributed by atoms with Crippen LogP contribution in [0.3, 0.4) is 0 Å². The standard InChI is InChI=1S/C6H8ClN3/c1-2-3-5-4-8-10-6(7)9-5/h4H,2-3H2,1H3. The molecule has 0 amide bonds. The molecule has 1 rings (SSSR count). The number of rotatable bonds is 2.